The van der Waals surface area contributed by atoms with E-state index in [1.165, 1.54) is 50.6 Å². The van der Waals surface area contributed by atoms with Crippen molar-refractivity contribution in [3.8, 4) is 11.5 Å². The molecule has 0 spiro atoms. The number of amides is 1. The van der Waals surface area contributed by atoms with Crippen molar-refractivity contribution in [1.29, 1.82) is 0 Å². The van der Waals surface area contributed by atoms with E-state index in [4.69, 9.17) is 21.1 Å². The van der Waals surface area contributed by atoms with E-state index in [2.05, 4.69) is 5.32 Å². The van der Waals surface area contributed by atoms with Gasteiger partial charge in [-0.05, 0) is 49.4 Å². The molecule has 0 unspecified atom stereocenters. The summed E-state index contributed by atoms with van der Waals surface area (Å²) in [6, 6.07) is 13.0. The van der Waals surface area contributed by atoms with Crippen LogP contribution in [0.25, 0.3) is 0 Å². The Morgan fingerprint density at radius 1 is 0.972 bits per heavy atom. The summed E-state index contributed by atoms with van der Waals surface area (Å²) in [5.74, 6) is -0.561. The van der Waals surface area contributed by atoms with Crippen LogP contribution in [0.15, 0.2) is 65.6 Å². The summed E-state index contributed by atoms with van der Waals surface area (Å²) >= 11 is 5.69. The first-order valence-corrected chi connectivity index (χ1v) is 12.2. The first-order valence-electron chi connectivity index (χ1n) is 10.3. The van der Waals surface area contributed by atoms with E-state index in [9.17, 15) is 26.4 Å². The maximum atomic E-state index is 13.6. The van der Waals surface area contributed by atoms with E-state index < -0.39 is 39.9 Å². The third-order valence-electron chi connectivity index (χ3n) is 5.11. The summed E-state index contributed by atoms with van der Waals surface area (Å²) in [6.45, 7) is 0.989. The summed E-state index contributed by atoms with van der Waals surface area (Å²) in [7, 11) is -1.64. The molecule has 3 aromatic carbocycles. The normalized spacial score (nSPS) is 11.6. The predicted octanol–water partition coefficient (Wildman–Crippen LogP) is 5.52. The summed E-state index contributed by atoms with van der Waals surface area (Å²) in [5.41, 5.74) is -0.738. The van der Waals surface area contributed by atoms with Gasteiger partial charge in [-0.2, -0.15) is 13.2 Å². The molecule has 12 heteroatoms. The lowest BCUT2D eigenvalue weighted by Gasteiger charge is -2.25. The van der Waals surface area contributed by atoms with E-state index in [1.54, 1.807) is 19.1 Å². The van der Waals surface area contributed by atoms with Crippen molar-refractivity contribution in [2.75, 3.05) is 30.4 Å². The molecule has 0 saturated heterocycles. The largest absolute Gasteiger partial charge is 0.493 e. The van der Waals surface area contributed by atoms with Gasteiger partial charge < -0.3 is 14.8 Å². The monoisotopic (exact) mass is 542 g/mol. The Morgan fingerprint density at radius 2 is 1.61 bits per heavy atom. The minimum absolute atomic E-state index is 0.137. The third-order valence-corrected chi connectivity index (χ3v) is 7.12. The zero-order valence-electron chi connectivity index (χ0n) is 19.4. The highest BCUT2D eigenvalue weighted by Gasteiger charge is 2.35. The van der Waals surface area contributed by atoms with E-state index in [1.807, 2.05) is 0 Å². The van der Waals surface area contributed by atoms with Gasteiger partial charge in [-0.15, -0.1) is 0 Å². The molecular formula is C24H22ClF3N2O5S. The minimum Gasteiger partial charge on any atom is -0.493 e. The van der Waals surface area contributed by atoms with Gasteiger partial charge in [0, 0.05) is 11.1 Å². The predicted molar refractivity (Wildman–Crippen MR) is 130 cm³/mol. The summed E-state index contributed by atoms with van der Waals surface area (Å²) in [4.78, 5) is 12.7. The Bertz CT molecular complexity index is 1360. The molecule has 36 heavy (non-hydrogen) atoms. The van der Waals surface area contributed by atoms with Crippen LogP contribution in [-0.2, 0) is 21.0 Å². The van der Waals surface area contributed by atoms with Crippen molar-refractivity contribution < 1.29 is 35.9 Å². The highest BCUT2D eigenvalue weighted by molar-refractivity contribution is 7.92. The number of hydrogen-bond donors (Lipinski definition) is 1. The number of carbonyl (C=O) groups is 1. The van der Waals surface area contributed by atoms with Crippen molar-refractivity contribution in [2.24, 2.45) is 0 Å². The smallest absolute Gasteiger partial charge is 0.418 e. The Labute approximate surface area is 211 Å². The average Bonchev–Trinajstić information content (AvgIpc) is 2.83. The van der Waals surface area contributed by atoms with E-state index >= 15 is 0 Å². The van der Waals surface area contributed by atoms with E-state index in [0.717, 1.165) is 15.9 Å². The molecule has 3 rings (SSSR count). The van der Waals surface area contributed by atoms with Crippen LogP contribution < -0.4 is 19.1 Å². The van der Waals surface area contributed by atoms with Gasteiger partial charge in [0.05, 0.1) is 36.1 Å². The Balaban J connectivity index is 2.01. The fourth-order valence-electron chi connectivity index (χ4n) is 3.31. The number of ether oxygens (including phenoxy) is 2. The molecule has 0 aliphatic rings. The van der Waals surface area contributed by atoms with Crippen molar-refractivity contribution in [1.82, 2.24) is 0 Å². The maximum absolute atomic E-state index is 13.6. The van der Waals surface area contributed by atoms with Crippen LogP contribution in [0.5, 0.6) is 11.5 Å². The lowest BCUT2D eigenvalue weighted by molar-refractivity contribution is -0.137. The zero-order valence-corrected chi connectivity index (χ0v) is 21.0. The van der Waals surface area contributed by atoms with Gasteiger partial charge in [-0.25, -0.2) is 8.42 Å². The topological polar surface area (TPSA) is 84.9 Å². The van der Waals surface area contributed by atoms with Gasteiger partial charge in [0.2, 0.25) is 5.91 Å². The first-order chi connectivity index (χ1) is 16.9. The second-order valence-electron chi connectivity index (χ2n) is 7.60. The zero-order chi connectivity index (χ0) is 26.7. The van der Waals surface area contributed by atoms with Gasteiger partial charge in [0.25, 0.3) is 10.0 Å². The highest BCUT2D eigenvalue weighted by Crippen LogP contribution is 2.37. The third kappa shape index (κ3) is 6.03. The summed E-state index contributed by atoms with van der Waals surface area (Å²) in [5, 5.41) is 1.98. The van der Waals surface area contributed by atoms with Crippen LogP contribution in [0.4, 0.5) is 24.5 Å². The molecule has 0 heterocycles. The van der Waals surface area contributed by atoms with Gasteiger partial charge >= 0.3 is 6.18 Å². The standard InChI is InChI=1S/C24H22ClF3N2O5S/c1-15-4-7-17(8-5-15)30(36(32,33)18-9-11-21(34-2)22(13-18)35-3)14-23(31)29-20-10-6-16(25)12-19(20)24(26,27)28/h4-13H,14H2,1-3H3,(H,29,31). The van der Waals surface area contributed by atoms with Crippen LogP contribution in [0.1, 0.15) is 11.1 Å². The molecule has 1 amide bonds. The summed E-state index contributed by atoms with van der Waals surface area (Å²) in [6.07, 6.45) is -4.80. The van der Waals surface area contributed by atoms with E-state index in [-0.39, 0.29) is 21.4 Å². The van der Waals surface area contributed by atoms with Crippen molar-refractivity contribution >= 4 is 38.9 Å². The SMILES string of the molecule is COc1ccc(S(=O)(=O)N(CC(=O)Nc2ccc(Cl)cc2C(F)(F)F)c2ccc(C)cc2)cc1OC. The number of hydrogen-bond acceptors (Lipinski definition) is 5. The second kappa shape index (κ2) is 10.7. The summed E-state index contributed by atoms with van der Waals surface area (Å²) < 4.78 is 78.7. The van der Waals surface area contributed by atoms with Gasteiger partial charge in [0.15, 0.2) is 11.5 Å². The van der Waals surface area contributed by atoms with Crippen molar-refractivity contribution in [3.63, 3.8) is 0 Å². The Morgan fingerprint density at radius 3 is 2.19 bits per heavy atom. The molecule has 0 aliphatic heterocycles. The number of halogens is 4. The number of nitrogens with zero attached hydrogens (tertiary/aromatic N) is 1. The number of sulfonamides is 1. The second-order valence-corrected chi connectivity index (χ2v) is 9.90. The van der Waals surface area contributed by atoms with Gasteiger partial charge in [0.1, 0.15) is 6.54 Å². The molecule has 0 aliphatic carbocycles. The highest BCUT2D eigenvalue weighted by atomic mass is 35.5. The minimum atomic E-state index is -4.80. The lowest BCUT2D eigenvalue weighted by Crippen LogP contribution is -2.38. The number of aryl methyl sites for hydroxylation is 1. The lowest BCUT2D eigenvalue weighted by atomic mass is 10.1. The van der Waals surface area contributed by atoms with Crippen LogP contribution in [-0.4, -0.2) is 35.1 Å². The molecule has 7 nitrogen and oxygen atoms in total. The van der Waals surface area contributed by atoms with Gasteiger partial charge in [-0.1, -0.05) is 29.3 Å². The maximum Gasteiger partial charge on any atom is 0.418 e. The molecule has 0 aromatic heterocycles. The van der Waals surface area contributed by atoms with Crippen LogP contribution >= 0.6 is 11.6 Å². The molecule has 1 N–H and O–H groups in total. The van der Waals surface area contributed by atoms with Crippen LogP contribution in [0, 0.1) is 6.92 Å². The molecule has 0 fully saturated rings. The molecule has 192 valence electrons. The Kier molecular flexibility index (Phi) is 8.05. The number of anilines is 2. The van der Waals surface area contributed by atoms with Crippen molar-refractivity contribution in [3.05, 3.63) is 76.8 Å². The molecule has 3 aromatic rings. The number of benzene rings is 3. The molecule has 0 bridgehead atoms. The Hall–Kier alpha value is -3.44. The van der Waals surface area contributed by atoms with E-state index in [0.29, 0.717) is 11.8 Å². The number of carbonyl (C=O) groups excluding carboxylic acids is 1. The molecular weight excluding hydrogens is 521 g/mol. The number of methoxy groups -OCH3 is 2. The van der Waals surface area contributed by atoms with Crippen LogP contribution in [0.2, 0.25) is 5.02 Å². The number of nitrogens with one attached hydrogen (secondary N) is 1. The number of rotatable bonds is 8. The molecule has 0 radical (unpaired) electrons. The fourth-order valence-corrected chi connectivity index (χ4v) is 4.92. The first kappa shape index (κ1) is 27.2. The average molecular weight is 543 g/mol. The fraction of sp³-hybridized carbons (Fsp3) is 0.208. The number of alkyl halides is 3. The molecule has 0 atom stereocenters. The van der Waals surface area contributed by atoms with Crippen LogP contribution in [0.3, 0.4) is 0 Å². The van der Waals surface area contributed by atoms with Crippen molar-refractivity contribution in [2.45, 2.75) is 18.0 Å². The quantitative estimate of drug-likeness (QED) is 0.405. The van der Waals surface area contributed by atoms with Gasteiger partial charge in [-0.3, -0.25) is 9.10 Å². The molecule has 0 saturated carbocycles.